The third-order valence-electron chi connectivity index (χ3n) is 3.86. The van der Waals surface area contributed by atoms with Crippen LogP contribution >= 0.6 is 0 Å². The molecule has 1 aromatic carbocycles. The summed E-state index contributed by atoms with van der Waals surface area (Å²) < 4.78 is 5.21. The van der Waals surface area contributed by atoms with E-state index in [1.54, 1.807) is 7.11 Å². The molecule has 4 heteroatoms. The molecule has 1 aliphatic heterocycles. The lowest BCUT2D eigenvalue weighted by atomic mass is 9.99. The molecule has 2 rings (SSSR count). The Morgan fingerprint density at radius 1 is 1.45 bits per heavy atom. The summed E-state index contributed by atoms with van der Waals surface area (Å²) in [5, 5.41) is 3.34. The molecule has 0 aliphatic carbocycles. The van der Waals surface area contributed by atoms with Gasteiger partial charge in [0, 0.05) is 31.6 Å². The fourth-order valence-corrected chi connectivity index (χ4v) is 2.66. The van der Waals surface area contributed by atoms with Crippen molar-refractivity contribution in [2.75, 3.05) is 26.7 Å². The van der Waals surface area contributed by atoms with Crippen LogP contribution in [0.25, 0.3) is 0 Å². The molecule has 0 saturated carbocycles. The molecule has 1 fully saturated rings. The minimum atomic E-state index is -0.0935. The van der Waals surface area contributed by atoms with Crippen LogP contribution in [0.3, 0.4) is 0 Å². The first kappa shape index (κ1) is 14.9. The van der Waals surface area contributed by atoms with Crippen LogP contribution in [0.15, 0.2) is 24.3 Å². The highest BCUT2D eigenvalue weighted by Gasteiger charge is 2.32. The predicted molar refractivity (Wildman–Crippen MR) is 80.0 cm³/mol. The number of amides is 1. The number of carbonyl (C=O) groups excluding carboxylic acids is 1. The largest absolute Gasteiger partial charge is 0.497 e. The first-order valence-corrected chi connectivity index (χ1v) is 7.17. The maximum Gasteiger partial charge on any atom is 0.223 e. The Labute approximate surface area is 121 Å². The van der Waals surface area contributed by atoms with E-state index in [0.717, 1.165) is 37.4 Å². The first-order valence-electron chi connectivity index (χ1n) is 7.17. The molecule has 1 aliphatic rings. The predicted octanol–water partition coefficient (Wildman–Crippen LogP) is 1.84. The number of nitrogens with one attached hydrogen (secondary N) is 1. The number of piperazine rings is 1. The first-order chi connectivity index (χ1) is 9.53. The van der Waals surface area contributed by atoms with Crippen molar-refractivity contribution in [3.8, 4) is 5.75 Å². The highest BCUT2D eigenvalue weighted by Crippen LogP contribution is 2.19. The number of methoxy groups -OCH3 is 1. The van der Waals surface area contributed by atoms with Gasteiger partial charge in [0.05, 0.1) is 7.11 Å². The van der Waals surface area contributed by atoms with Gasteiger partial charge in [0.1, 0.15) is 5.75 Å². The Balaban J connectivity index is 1.94. The molecule has 0 spiro atoms. The second-order valence-electron chi connectivity index (χ2n) is 5.89. The van der Waals surface area contributed by atoms with Crippen molar-refractivity contribution in [2.24, 2.45) is 0 Å². The minimum absolute atomic E-state index is 0.0935. The number of carbonyl (C=O) groups is 1. The quantitative estimate of drug-likeness (QED) is 0.912. The molecule has 20 heavy (non-hydrogen) atoms. The lowest BCUT2D eigenvalue weighted by Crippen LogP contribution is -2.59. The van der Waals surface area contributed by atoms with Gasteiger partial charge in [-0.3, -0.25) is 4.79 Å². The number of rotatable bonds is 4. The maximum atomic E-state index is 12.4. The molecule has 0 aromatic heterocycles. The molecule has 1 aromatic rings. The average molecular weight is 276 g/mol. The SMILES string of the molecule is COc1cccc(CCC(=O)N2CCNCC2(C)C)c1. The van der Waals surface area contributed by atoms with Crippen molar-refractivity contribution in [1.82, 2.24) is 10.2 Å². The second-order valence-corrected chi connectivity index (χ2v) is 5.89. The van der Waals surface area contributed by atoms with E-state index in [-0.39, 0.29) is 11.4 Å². The highest BCUT2D eigenvalue weighted by molar-refractivity contribution is 5.77. The Morgan fingerprint density at radius 3 is 2.95 bits per heavy atom. The fourth-order valence-electron chi connectivity index (χ4n) is 2.66. The van der Waals surface area contributed by atoms with Gasteiger partial charge in [0.2, 0.25) is 5.91 Å². The maximum absolute atomic E-state index is 12.4. The number of aryl methyl sites for hydroxylation is 1. The summed E-state index contributed by atoms with van der Waals surface area (Å²) >= 11 is 0. The molecule has 0 bridgehead atoms. The van der Waals surface area contributed by atoms with Crippen molar-refractivity contribution in [3.05, 3.63) is 29.8 Å². The third-order valence-corrected chi connectivity index (χ3v) is 3.86. The van der Waals surface area contributed by atoms with Gasteiger partial charge in [0.25, 0.3) is 0 Å². The zero-order valence-electron chi connectivity index (χ0n) is 12.6. The lowest BCUT2D eigenvalue weighted by molar-refractivity contribution is -0.137. The number of hydrogen-bond acceptors (Lipinski definition) is 3. The molecule has 110 valence electrons. The molecule has 1 saturated heterocycles. The molecule has 0 unspecified atom stereocenters. The van der Waals surface area contributed by atoms with Gasteiger partial charge < -0.3 is 15.0 Å². The Kier molecular flexibility index (Phi) is 4.65. The Morgan fingerprint density at radius 2 is 2.25 bits per heavy atom. The average Bonchev–Trinajstić information content (AvgIpc) is 2.44. The molecular weight excluding hydrogens is 252 g/mol. The standard InChI is InChI=1S/C16H24N2O2/c1-16(2)12-17-9-10-18(16)15(19)8-7-13-5-4-6-14(11-13)20-3/h4-6,11,17H,7-10,12H2,1-3H3. The number of ether oxygens (including phenoxy) is 1. The van der Waals surface area contributed by atoms with Gasteiger partial charge in [-0.1, -0.05) is 12.1 Å². The van der Waals surface area contributed by atoms with Gasteiger partial charge >= 0.3 is 0 Å². The molecule has 0 radical (unpaired) electrons. The van der Waals surface area contributed by atoms with Gasteiger partial charge in [-0.05, 0) is 38.0 Å². The van der Waals surface area contributed by atoms with E-state index in [4.69, 9.17) is 4.74 Å². The molecule has 4 nitrogen and oxygen atoms in total. The third kappa shape index (κ3) is 3.51. The lowest BCUT2D eigenvalue weighted by Gasteiger charge is -2.43. The topological polar surface area (TPSA) is 41.6 Å². The van der Waals surface area contributed by atoms with Crippen molar-refractivity contribution >= 4 is 5.91 Å². The summed E-state index contributed by atoms with van der Waals surface area (Å²) in [7, 11) is 1.66. The molecule has 1 heterocycles. The fraction of sp³-hybridized carbons (Fsp3) is 0.562. The van der Waals surface area contributed by atoms with Crippen LogP contribution in [0, 0.1) is 0 Å². The normalized spacial score (nSPS) is 17.9. The summed E-state index contributed by atoms with van der Waals surface area (Å²) in [4.78, 5) is 14.4. The zero-order chi connectivity index (χ0) is 14.6. The van der Waals surface area contributed by atoms with Gasteiger partial charge in [-0.2, -0.15) is 0 Å². The van der Waals surface area contributed by atoms with Gasteiger partial charge in [0.15, 0.2) is 0 Å². The summed E-state index contributed by atoms with van der Waals surface area (Å²) in [5.74, 6) is 1.08. The number of benzene rings is 1. The smallest absolute Gasteiger partial charge is 0.223 e. The number of hydrogen-bond donors (Lipinski definition) is 1. The van der Waals surface area contributed by atoms with Crippen molar-refractivity contribution in [2.45, 2.75) is 32.2 Å². The van der Waals surface area contributed by atoms with Crippen LogP contribution in [-0.4, -0.2) is 43.1 Å². The Bertz CT molecular complexity index is 471. The minimum Gasteiger partial charge on any atom is -0.497 e. The second kappa shape index (κ2) is 6.27. The van der Waals surface area contributed by atoms with E-state index in [9.17, 15) is 4.79 Å². The van der Waals surface area contributed by atoms with Crippen LogP contribution in [0.5, 0.6) is 5.75 Å². The van der Waals surface area contributed by atoms with Crippen LogP contribution in [0.2, 0.25) is 0 Å². The van der Waals surface area contributed by atoms with Crippen molar-refractivity contribution in [3.63, 3.8) is 0 Å². The summed E-state index contributed by atoms with van der Waals surface area (Å²) in [6.07, 6.45) is 1.31. The van der Waals surface area contributed by atoms with E-state index in [1.807, 2.05) is 29.2 Å². The monoisotopic (exact) mass is 276 g/mol. The van der Waals surface area contributed by atoms with E-state index < -0.39 is 0 Å². The number of nitrogens with zero attached hydrogens (tertiary/aromatic N) is 1. The Hall–Kier alpha value is -1.55. The van der Waals surface area contributed by atoms with Crippen LogP contribution in [0.1, 0.15) is 25.8 Å². The van der Waals surface area contributed by atoms with Crippen molar-refractivity contribution < 1.29 is 9.53 Å². The van der Waals surface area contributed by atoms with E-state index in [0.29, 0.717) is 6.42 Å². The summed E-state index contributed by atoms with van der Waals surface area (Å²) in [5.41, 5.74) is 1.05. The highest BCUT2D eigenvalue weighted by atomic mass is 16.5. The van der Waals surface area contributed by atoms with Crippen LogP contribution in [-0.2, 0) is 11.2 Å². The summed E-state index contributed by atoms with van der Waals surface area (Å²) in [6.45, 7) is 6.77. The van der Waals surface area contributed by atoms with Gasteiger partial charge in [-0.15, -0.1) is 0 Å². The summed E-state index contributed by atoms with van der Waals surface area (Å²) in [6, 6.07) is 7.92. The van der Waals surface area contributed by atoms with E-state index in [2.05, 4.69) is 19.2 Å². The molecule has 1 amide bonds. The molecule has 0 atom stereocenters. The molecular formula is C16H24N2O2. The van der Waals surface area contributed by atoms with E-state index >= 15 is 0 Å². The molecule has 1 N–H and O–H groups in total. The van der Waals surface area contributed by atoms with Crippen LogP contribution < -0.4 is 10.1 Å². The van der Waals surface area contributed by atoms with Gasteiger partial charge in [-0.25, -0.2) is 0 Å². The van der Waals surface area contributed by atoms with Crippen LogP contribution in [0.4, 0.5) is 0 Å². The van der Waals surface area contributed by atoms with E-state index in [1.165, 1.54) is 0 Å². The zero-order valence-corrected chi connectivity index (χ0v) is 12.6. The van der Waals surface area contributed by atoms with Crippen molar-refractivity contribution in [1.29, 1.82) is 0 Å².